The monoisotopic (exact) mass is 364 g/mol. The summed E-state index contributed by atoms with van der Waals surface area (Å²) in [7, 11) is 0. The van der Waals surface area contributed by atoms with Crippen LogP contribution in [0, 0.1) is 0 Å². The van der Waals surface area contributed by atoms with E-state index in [0.717, 1.165) is 44.7 Å². The molecule has 4 rings (SSSR count). The smallest absolute Gasteiger partial charge is 0.255 e. The second-order valence-corrected chi connectivity index (χ2v) is 6.82. The van der Waals surface area contributed by atoms with Crippen LogP contribution in [0.3, 0.4) is 0 Å². The standard InChI is InChI=1S/C21H24N4O2/c1-2-7-17(8-3-1)11-13-25(15-18-9-4-5-12-22-18)16-20-23-21(27-24-20)19-10-6-14-26-19/h1-5,7-9,12,19H,6,10-11,13-16H2/t19-/m0/s1. The van der Waals surface area contributed by atoms with Gasteiger partial charge in [-0.3, -0.25) is 9.88 Å². The lowest BCUT2D eigenvalue weighted by molar-refractivity contribution is 0.0835. The molecule has 1 aromatic carbocycles. The molecular formula is C21H24N4O2. The van der Waals surface area contributed by atoms with Crippen molar-refractivity contribution in [2.75, 3.05) is 13.2 Å². The van der Waals surface area contributed by atoms with Crippen LogP contribution in [0.4, 0.5) is 0 Å². The highest BCUT2D eigenvalue weighted by molar-refractivity contribution is 5.15. The molecule has 2 aromatic heterocycles. The van der Waals surface area contributed by atoms with Gasteiger partial charge in [0.1, 0.15) is 6.10 Å². The summed E-state index contributed by atoms with van der Waals surface area (Å²) in [5.41, 5.74) is 2.35. The van der Waals surface area contributed by atoms with Crippen LogP contribution in [-0.2, 0) is 24.2 Å². The van der Waals surface area contributed by atoms with Crippen molar-refractivity contribution in [3.05, 3.63) is 77.7 Å². The molecule has 6 nitrogen and oxygen atoms in total. The van der Waals surface area contributed by atoms with E-state index in [1.54, 1.807) is 0 Å². The molecule has 27 heavy (non-hydrogen) atoms. The summed E-state index contributed by atoms with van der Waals surface area (Å²) in [5.74, 6) is 1.30. The summed E-state index contributed by atoms with van der Waals surface area (Å²) >= 11 is 0. The first-order valence-electron chi connectivity index (χ1n) is 9.47. The highest BCUT2D eigenvalue weighted by Gasteiger charge is 2.24. The van der Waals surface area contributed by atoms with E-state index >= 15 is 0 Å². The Hall–Kier alpha value is -2.57. The minimum atomic E-state index is -0.0418. The molecule has 140 valence electrons. The Labute approximate surface area is 159 Å². The Kier molecular flexibility index (Phi) is 5.86. The number of nitrogens with zero attached hydrogens (tertiary/aromatic N) is 4. The van der Waals surface area contributed by atoms with Crippen molar-refractivity contribution in [2.45, 2.75) is 38.5 Å². The number of ether oxygens (including phenoxy) is 1. The first kappa shape index (κ1) is 17.8. The second kappa shape index (κ2) is 8.88. The van der Waals surface area contributed by atoms with Gasteiger partial charge in [0.2, 0.25) is 0 Å². The van der Waals surface area contributed by atoms with Gasteiger partial charge in [-0.25, -0.2) is 0 Å². The Morgan fingerprint density at radius 3 is 2.70 bits per heavy atom. The number of pyridine rings is 1. The first-order chi connectivity index (χ1) is 13.4. The topological polar surface area (TPSA) is 64.3 Å². The number of rotatable bonds is 8. The molecule has 6 heteroatoms. The van der Waals surface area contributed by atoms with Crippen LogP contribution < -0.4 is 0 Å². The summed E-state index contributed by atoms with van der Waals surface area (Å²) < 4.78 is 11.1. The zero-order chi connectivity index (χ0) is 18.3. The van der Waals surface area contributed by atoms with Crippen molar-refractivity contribution in [1.82, 2.24) is 20.0 Å². The van der Waals surface area contributed by atoms with Crippen molar-refractivity contribution in [3.8, 4) is 0 Å². The van der Waals surface area contributed by atoms with Gasteiger partial charge in [-0.05, 0) is 37.0 Å². The van der Waals surface area contributed by atoms with Crippen LogP contribution in [0.25, 0.3) is 0 Å². The average molecular weight is 364 g/mol. The van der Waals surface area contributed by atoms with Crippen LogP contribution in [0.2, 0.25) is 0 Å². The van der Waals surface area contributed by atoms with Crippen LogP contribution in [0.15, 0.2) is 59.3 Å². The predicted octanol–water partition coefficient (Wildman–Crippen LogP) is 3.56. The van der Waals surface area contributed by atoms with E-state index in [2.05, 4.69) is 44.3 Å². The molecule has 1 saturated heterocycles. The molecule has 0 N–H and O–H groups in total. The third-order valence-corrected chi connectivity index (χ3v) is 4.73. The summed E-state index contributed by atoms with van der Waals surface area (Å²) in [6, 6.07) is 16.5. The molecule has 0 amide bonds. The number of hydrogen-bond acceptors (Lipinski definition) is 6. The number of aromatic nitrogens is 3. The first-order valence-corrected chi connectivity index (χ1v) is 9.47. The van der Waals surface area contributed by atoms with Gasteiger partial charge in [0.25, 0.3) is 5.89 Å². The molecule has 3 aromatic rings. The molecule has 1 aliphatic rings. The van der Waals surface area contributed by atoms with Gasteiger partial charge in [0.15, 0.2) is 5.82 Å². The van der Waals surface area contributed by atoms with Crippen LogP contribution >= 0.6 is 0 Å². The molecule has 1 fully saturated rings. The third kappa shape index (κ3) is 4.99. The zero-order valence-electron chi connectivity index (χ0n) is 15.3. The largest absolute Gasteiger partial charge is 0.368 e. The molecule has 1 atom stereocenters. The maximum Gasteiger partial charge on any atom is 0.255 e. The van der Waals surface area contributed by atoms with Crippen molar-refractivity contribution >= 4 is 0 Å². The summed E-state index contributed by atoms with van der Waals surface area (Å²) in [6.07, 6.45) is 4.75. The Balaban J connectivity index is 1.43. The van der Waals surface area contributed by atoms with E-state index in [0.29, 0.717) is 18.3 Å². The van der Waals surface area contributed by atoms with Crippen LogP contribution in [0.1, 0.15) is 41.9 Å². The third-order valence-electron chi connectivity index (χ3n) is 4.73. The fraction of sp³-hybridized carbons (Fsp3) is 0.381. The zero-order valence-corrected chi connectivity index (χ0v) is 15.3. The van der Waals surface area contributed by atoms with E-state index in [4.69, 9.17) is 9.26 Å². The second-order valence-electron chi connectivity index (χ2n) is 6.82. The van der Waals surface area contributed by atoms with Gasteiger partial charge in [-0.1, -0.05) is 41.6 Å². The van der Waals surface area contributed by atoms with Crippen molar-refractivity contribution < 1.29 is 9.26 Å². The quantitative estimate of drug-likeness (QED) is 0.609. The van der Waals surface area contributed by atoms with Gasteiger partial charge in [0, 0.05) is 25.9 Å². The predicted molar refractivity (Wildman–Crippen MR) is 101 cm³/mol. The minimum Gasteiger partial charge on any atom is -0.368 e. The lowest BCUT2D eigenvalue weighted by atomic mass is 10.1. The van der Waals surface area contributed by atoms with E-state index in [1.807, 2.05) is 30.5 Å². The molecule has 0 radical (unpaired) electrons. The number of hydrogen-bond donors (Lipinski definition) is 0. The Morgan fingerprint density at radius 1 is 1.04 bits per heavy atom. The fourth-order valence-electron chi connectivity index (χ4n) is 3.30. The maximum atomic E-state index is 5.64. The highest BCUT2D eigenvalue weighted by atomic mass is 16.5. The highest BCUT2D eigenvalue weighted by Crippen LogP contribution is 2.27. The van der Waals surface area contributed by atoms with E-state index < -0.39 is 0 Å². The molecule has 0 unspecified atom stereocenters. The van der Waals surface area contributed by atoms with Gasteiger partial charge in [-0.2, -0.15) is 4.98 Å². The lowest BCUT2D eigenvalue weighted by Crippen LogP contribution is -2.26. The summed E-state index contributed by atoms with van der Waals surface area (Å²) in [5, 5.41) is 4.17. The molecular weight excluding hydrogens is 340 g/mol. The van der Waals surface area contributed by atoms with E-state index in [9.17, 15) is 0 Å². The minimum absolute atomic E-state index is 0.0418. The lowest BCUT2D eigenvalue weighted by Gasteiger charge is -2.20. The normalized spacial score (nSPS) is 16.9. The molecule has 0 spiro atoms. The summed E-state index contributed by atoms with van der Waals surface area (Å²) in [6.45, 7) is 3.03. The van der Waals surface area contributed by atoms with Gasteiger partial charge in [-0.15, -0.1) is 0 Å². The SMILES string of the molecule is c1ccc(CCN(Cc2ccccn2)Cc2noc([C@@H]3CCCO3)n2)cc1. The van der Waals surface area contributed by atoms with Gasteiger partial charge < -0.3 is 9.26 Å². The van der Waals surface area contributed by atoms with Gasteiger partial charge in [0.05, 0.1) is 12.2 Å². The molecule has 0 saturated carbocycles. The molecule has 0 aliphatic carbocycles. The number of benzene rings is 1. The molecule has 3 heterocycles. The fourth-order valence-corrected chi connectivity index (χ4v) is 3.30. The van der Waals surface area contributed by atoms with Gasteiger partial charge >= 0.3 is 0 Å². The van der Waals surface area contributed by atoms with E-state index in [1.165, 1.54) is 5.56 Å². The van der Waals surface area contributed by atoms with Crippen LogP contribution in [0.5, 0.6) is 0 Å². The molecule has 0 bridgehead atoms. The van der Waals surface area contributed by atoms with Crippen molar-refractivity contribution in [3.63, 3.8) is 0 Å². The Bertz CT molecular complexity index is 816. The average Bonchev–Trinajstić information content (AvgIpc) is 3.40. The van der Waals surface area contributed by atoms with Crippen molar-refractivity contribution in [1.29, 1.82) is 0 Å². The van der Waals surface area contributed by atoms with E-state index in [-0.39, 0.29) is 6.10 Å². The Morgan fingerprint density at radius 2 is 1.93 bits per heavy atom. The van der Waals surface area contributed by atoms with Crippen molar-refractivity contribution in [2.24, 2.45) is 0 Å². The molecule has 1 aliphatic heterocycles. The maximum absolute atomic E-state index is 5.64. The summed E-state index contributed by atoms with van der Waals surface area (Å²) in [4.78, 5) is 11.3. The van der Waals surface area contributed by atoms with Crippen LogP contribution in [-0.4, -0.2) is 33.2 Å².